The maximum absolute atomic E-state index is 11.5. The fourth-order valence-electron chi connectivity index (χ4n) is 0.989. The minimum Gasteiger partial charge on any atom is -0.344 e. The molecule has 0 bridgehead atoms. The first-order chi connectivity index (χ1) is 7.20. The Hall–Kier alpha value is 0.0300. The van der Waals surface area contributed by atoms with E-state index >= 15 is 0 Å². The highest BCUT2D eigenvalue weighted by molar-refractivity contribution is 7.48. The van der Waals surface area contributed by atoms with Crippen LogP contribution in [0.3, 0.4) is 0 Å². The molecular formula is C8H16O6P. The van der Waals surface area contributed by atoms with Gasteiger partial charge in [-0.15, -0.1) is 0 Å². The molecule has 0 amide bonds. The summed E-state index contributed by atoms with van der Waals surface area (Å²) in [4.78, 5) is 0. The van der Waals surface area contributed by atoms with Crippen LogP contribution in [0.5, 0.6) is 0 Å². The van der Waals surface area contributed by atoms with Crippen molar-refractivity contribution in [2.24, 2.45) is 0 Å². The van der Waals surface area contributed by atoms with Gasteiger partial charge in [0, 0.05) is 13.2 Å². The zero-order valence-corrected chi connectivity index (χ0v) is 9.83. The molecule has 0 atom stereocenters. The van der Waals surface area contributed by atoms with Crippen LogP contribution in [-0.2, 0) is 27.6 Å². The number of hydrogen-bond donors (Lipinski definition) is 0. The second-order valence-corrected chi connectivity index (χ2v) is 4.29. The summed E-state index contributed by atoms with van der Waals surface area (Å²) in [6.07, 6.45) is 0.286. The molecule has 0 aromatic rings. The van der Waals surface area contributed by atoms with Crippen LogP contribution in [0.4, 0.5) is 0 Å². The van der Waals surface area contributed by atoms with Crippen LogP contribution >= 0.6 is 7.82 Å². The molecule has 7 heteroatoms. The van der Waals surface area contributed by atoms with Gasteiger partial charge in [0.1, 0.15) is 6.61 Å². The topological polar surface area (TPSA) is 63.2 Å². The van der Waals surface area contributed by atoms with Crippen molar-refractivity contribution in [2.45, 2.75) is 13.8 Å². The largest absolute Gasteiger partial charge is 0.475 e. The average Bonchev–Trinajstić information content (AvgIpc) is 2.63. The zero-order valence-electron chi connectivity index (χ0n) is 8.93. The lowest BCUT2D eigenvalue weighted by molar-refractivity contribution is -0.0618. The first kappa shape index (κ1) is 13.1. The molecule has 0 aromatic heterocycles. The molecular weight excluding hydrogens is 223 g/mol. The Morgan fingerprint density at radius 1 is 1.20 bits per heavy atom. The van der Waals surface area contributed by atoms with Gasteiger partial charge in [-0.25, -0.2) is 4.57 Å². The monoisotopic (exact) mass is 239 g/mol. The molecule has 1 aliphatic rings. The summed E-state index contributed by atoms with van der Waals surface area (Å²) in [5, 5.41) is 0. The van der Waals surface area contributed by atoms with Crippen molar-refractivity contribution in [1.82, 2.24) is 0 Å². The highest BCUT2D eigenvalue weighted by atomic mass is 31.2. The summed E-state index contributed by atoms with van der Waals surface area (Å²) < 4.78 is 36.4. The Labute approximate surface area is 89.4 Å². The standard InChI is InChI=1S/C8H16O6P/c1-3-10-8(11-4-2)7-14-15(9)12-5-6-13-15/h3-7H2,1-2H3. The van der Waals surface area contributed by atoms with Gasteiger partial charge < -0.3 is 9.47 Å². The van der Waals surface area contributed by atoms with Crippen LogP contribution in [0.25, 0.3) is 0 Å². The van der Waals surface area contributed by atoms with Crippen molar-refractivity contribution < 1.29 is 27.6 Å². The number of phosphoric acid groups is 1. The number of ether oxygens (including phenoxy) is 2. The highest BCUT2D eigenvalue weighted by Crippen LogP contribution is 2.53. The lowest BCUT2D eigenvalue weighted by Crippen LogP contribution is -2.14. The Bertz CT molecular complexity index is 205. The fraction of sp³-hybridized carbons (Fsp3) is 0.875. The minimum atomic E-state index is -3.35. The van der Waals surface area contributed by atoms with E-state index < -0.39 is 7.82 Å². The molecule has 1 aliphatic heterocycles. The minimum absolute atomic E-state index is 0.0427. The summed E-state index contributed by atoms with van der Waals surface area (Å²) >= 11 is 0. The maximum atomic E-state index is 11.5. The molecule has 1 heterocycles. The molecule has 0 unspecified atom stereocenters. The third kappa shape index (κ3) is 4.59. The van der Waals surface area contributed by atoms with Gasteiger partial charge in [-0.3, -0.25) is 13.6 Å². The van der Waals surface area contributed by atoms with Crippen molar-refractivity contribution in [3.8, 4) is 0 Å². The van der Waals surface area contributed by atoms with Crippen LogP contribution in [-0.4, -0.2) is 33.0 Å². The second kappa shape index (κ2) is 6.58. The quantitative estimate of drug-likeness (QED) is 0.630. The molecule has 89 valence electrons. The predicted octanol–water partition coefficient (Wildman–Crippen LogP) is 1.72. The Kier molecular flexibility index (Phi) is 5.74. The molecule has 0 spiro atoms. The van der Waals surface area contributed by atoms with Crippen LogP contribution in [0.2, 0.25) is 0 Å². The van der Waals surface area contributed by atoms with E-state index in [-0.39, 0.29) is 26.1 Å². The van der Waals surface area contributed by atoms with Crippen LogP contribution < -0.4 is 0 Å². The van der Waals surface area contributed by atoms with Gasteiger partial charge in [-0.1, -0.05) is 0 Å². The predicted molar refractivity (Wildman–Crippen MR) is 52.0 cm³/mol. The van der Waals surface area contributed by atoms with Crippen LogP contribution in [0.15, 0.2) is 0 Å². The smallest absolute Gasteiger partial charge is 0.344 e. The van der Waals surface area contributed by atoms with Gasteiger partial charge in [-0.2, -0.15) is 0 Å². The fourth-order valence-corrected chi connectivity index (χ4v) is 2.07. The summed E-state index contributed by atoms with van der Waals surface area (Å²) in [6, 6.07) is 0. The summed E-state index contributed by atoms with van der Waals surface area (Å²) in [5.74, 6) is 0. The van der Waals surface area contributed by atoms with Crippen molar-refractivity contribution in [2.75, 3.05) is 33.0 Å². The van der Waals surface area contributed by atoms with Gasteiger partial charge in [0.25, 0.3) is 6.29 Å². The van der Waals surface area contributed by atoms with Gasteiger partial charge in [0.05, 0.1) is 13.2 Å². The van der Waals surface area contributed by atoms with E-state index in [1.807, 2.05) is 13.8 Å². The molecule has 0 N–H and O–H groups in total. The number of phosphoric ester groups is 1. The summed E-state index contributed by atoms with van der Waals surface area (Å²) in [7, 11) is -3.35. The van der Waals surface area contributed by atoms with Gasteiger partial charge in [0.2, 0.25) is 0 Å². The second-order valence-electron chi connectivity index (χ2n) is 2.63. The first-order valence-corrected chi connectivity index (χ1v) is 6.31. The Morgan fingerprint density at radius 2 is 1.73 bits per heavy atom. The Balaban J connectivity index is 2.28. The normalized spacial score (nSPS) is 19.9. The van der Waals surface area contributed by atoms with Crippen molar-refractivity contribution in [3.05, 3.63) is 6.29 Å². The average molecular weight is 239 g/mol. The Morgan fingerprint density at radius 3 is 2.20 bits per heavy atom. The van der Waals surface area contributed by atoms with Gasteiger partial charge >= 0.3 is 7.82 Å². The maximum Gasteiger partial charge on any atom is 0.475 e. The molecule has 0 saturated carbocycles. The van der Waals surface area contributed by atoms with E-state index in [9.17, 15) is 4.57 Å². The van der Waals surface area contributed by atoms with E-state index in [0.29, 0.717) is 13.2 Å². The molecule has 1 rings (SSSR count). The van der Waals surface area contributed by atoms with Crippen molar-refractivity contribution >= 4 is 7.82 Å². The van der Waals surface area contributed by atoms with Crippen LogP contribution in [0, 0.1) is 6.29 Å². The summed E-state index contributed by atoms with van der Waals surface area (Å²) in [6.45, 7) is 5.10. The van der Waals surface area contributed by atoms with E-state index in [0.717, 1.165) is 0 Å². The molecule has 15 heavy (non-hydrogen) atoms. The third-order valence-electron chi connectivity index (χ3n) is 1.53. The third-order valence-corrected chi connectivity index (χ3v) is 2.98. The SMILES string of the molecule is CCO[C](COP1(=O)OCCO1)OCC. The van der Waals surface area contributed by atoms with E-state index in [1.54, 1.807) is 0 Å². The van der Waals surface area contributed by atoms with Gasteiger partial charge in [-0.05, 0) is 13.8 Å². The van der Waals surface area contributed by atoms with Crippen LogP contribution in [0.1, 0.15) is 13.8 Å². The lowest BCUT2D eigenvalue weighted by Gasteiger charge is -2.16. The van der Waals surface area contributed by atoms with E-state index in [1.165, 1.54) is 0 Å². The molecule has 6 nitrogen and oxygen atoms in total. The highest BCUT2D eigenvalue weighted by Gasteiger charge is 2.33. The molecule has 1 radical (unpaired) electrons. The molecule has 1 fully saturated rings. The first-order valence-electron chi connectivity index (χ1n) is 4.85. The van der Waals surface area contributed by atoms with Gasteiger partial charge in [0.15, 0.2) is 0 Å². The van der Waals surface area contributed by atoms with E-state index in [4.69, 9.17) is 23.0 Å². The molecule has 1 saturated heterocycles. The zero-order chi connectivity index (χ0) is 11.1. The summed E-state index contributed by atoms with van der Waals surface area (Å²) in [5.41, 5.74) is 0. The lowest BCUT2D eigenvalue weighted by atomic mass is 10.6. The number of hydrogen-bond acceptors (Lipinski definition) is 6. The van der Waals surface area contributed by atoms with Crippen molar-refractivity contribution in [3.63, 3.8) is 0 Å². The molecule has 0 aliphatic carbocycles. The molecule has 0 aromatic carbocycles. The van der Waals surface area contributed by atoms with E-state index in [2.05, 4.69) is 0 Å². The van der Waals surface area contributed by atoms with Crippen molar-refractivity contribution in [1.29, 1.82) is 0 Å². The number of rotatable bonds is 7.